The molecule has 1 aliphatic rings. The number of likely N-dealkylation sites (tertiary alicyclic amines) is 1. The molecule has 1 fully saturated rings. The molecule has 0 spiro atoms. The van der Waals surface area contributed by atoms with Crippen molar-refractivity contribution in [1.82, 2.24) is 10.2 Å². The number of nitrogens with zero attached hydrogens (tertiary/aromatic N) is 1. The van der Waals surface area contributed by atoms with Gasteiger partial charge in [0.15, 0.2) is 0 Å². The molecule has 0 saturated carbocycles. The highest BCUT2D eigenvalue weighted by Gasteiger charge is 2.30. The van der Waals surface area contributed by atoms with E-state index < -0.39 is 0 Å². The second-order valence-corrected chi connectivity index (χ2v) is 8.78. The molecule has 168 valence electrons. The van der Waals surface area contributed by atoms with Gasteiger partial charge < -0.3 is 14.8 Å². The van der Waals surface area contributed by atoms with Crippen molar-refractivity contribution < 1.29 is 18.7 Å². The zero-order valence-electron chi connectivity index (χ0n) is 18.2. The van der Waals surface area contributed by atoms with E-state index in [0.29, 0.717) is 0 Å². The van der Waals surface area contributed by atoms with Gasteiger partial charge >= 0.3 is 0 Å². The topological polar surface area (TPSA) is 50.8 Å². The normalized spacial score (nSPS) is 17.2. The maximum Gasteiger partial charge on any atom is 0.234 e. The van der Waals surface area contributed by atoms with Crippen LogP contribution in [0.5, 0.6) is 11.5 Å². The number of hydrogen-bond acceptors (Lipinski definition) is 5. The lowest BCUT2D eigenvalue weighted by molar-refractivity contribution is -0.123. The van der Waals surface area contributed by atoms with E-state index in [1.165, 1.54) is 12.1 Å². The molecule has 0 aliphatic carbocycles. The minimum absolute atomic E-state index is 0.0629. The summed E-state index contributed by atoms with van der Waals surface area (Å²) >= 11 is 1.57. The summed E-state index contributed by atoms with van der Waals surface area (Å²) < 4.78 is 24.3. The molecule has 2 heterocycles. The summed E-state index contributed by atoms with van der Waals surface area (Å²) in [6.07, 6.45) is 1.97. The van der Waals surface area contributed by atoms with Gasteiger partial charge in [0.1, 0.15) is 17.3 Å². The molecule has 0 unspecified atom stereocenters. The summed E-state index contributed by atoms with van der Waals surface area (Å²) in [5.41, 5.74) is 1.92. The maximum absolute atomic E-state index is 13.4. The van der Waals surface area contributed by atoms with Gasteiger partial charge in [-0.15, -0.1) is 11.3 Å². The smallest absolute Gasteiger partial charge is 0.234 e. The van der Waals surface area contributed by atoms with Crippen molar-refractivity contribution in [3.05, 3.63) is 81.8 Å². The first kappa shape index (κ1) is 22.3. The van der Waals surface area contributed by atoms with Gasteiger partial charge in [-0.2, -0.15) is 0 Å². The first-order chi connectivity index (χ1) is 15.6. The van der Waals surface area contributed by atoms with E-state index in [0.717, 1.165) is 46.9 Å². The maximum atomic E-state index is 13.4. The number of amides is 1. The average molecular weight is 455 g/mol. The molecule has 1 amide bonds. The number of benzene rings is 2. The second-order valence-electron chi connectivity index (χ2n) is 7.80. The van der Waals surface area contributed by atoms with Gasteiger partial charge in [-0.25, -0.2) is 4.39 Å². The van der Waals surface area contributed by atoms with Crippen molar-refractivity contribution in [3.8, 4) is 11.5 Å². The Kier molecular flexibility index (Phi) is 7.07. The number of ether oxygens (including phenoxy) is 2. The van der Waals surface area contributed by atoms with Crippen LogP contribution in [-0.2, 0) is 4.79 Å². The fourth-order valence-electron chi connectivity index (χ4n) is 4.28. The van der Waals surface area contributed by atoms with E-state index in [9.17, 15) is 9.18 Å². The number of hydrogen-bond donors (Lipinski definition) is 1. The Morgan fingerprint density at radius 3 is 2.69 bits per heavy atom. The van der Waals surface area contributed by atoms with Gasteiger partial charge in [0, 0.05) is 22.5 Å². The third-order valence-electron chi connectivity index (χ3n) is 5.85. The number of carbonyl (C=O) groups is 1. The van der Waals surface area contributed by atoms with Crippen LogP contribution < -0.4 is 14.8 Å². The number of thiophene rings is 1. The minimum Gasteiger partial charge on any atom is -0.497 e. The van der Waals surface area contributed by atoms with Crippen LogP contribution in [0.2, 0.25) is 0 Å². The fourth-order valence-corrected chi connectivity index (χ4v) is 5.08. The van der Waals surface area contributed by atoms with Crippen LogP contribution in [0.15, 0.2) is 60.0 Å². The van der Waals surface area contributed by atoms with Crippen molar-refractivity contribution in [3.63, 3.8) is 0 Å². The van der Waals surface area contributed by atoms with Crippen molar-refractivity contribution >= 4 is 17.2 Å². The molecule has 1 aromatic heterocycles. The Labute approximate surface area is 191 Å². The summed E-state index contributed by atoms with van der Waals surface area (Å²) in [5.74, 6) is 1.15. The highest BCUT2D eigenvalue weighted by Crippen LogP contribution is 2.38. The first-order valence-electron chi connectivity index (χ1n) is 10.6. The zero-order valence-corrected chi connectivity index (χ0v) is 19.0. The summed E-state index contributed by atoms with van der Waals surface area (Å²) in [4.78, 5) is 16.3. The van der Waals surface area contributed by atoms with Crippen LogP contribution in [0.3, 0.4) is 0 Å². The SMILES string of the molecule is COc1ccc([C@H]2CCCN2CC(=O)N[C@H](c2ccc(F)cc2)c2cccs2)c(OC)c1. The van der Waals surface area contributed by atoms with E-state index >= 15 is 0 Å². The molecule has 32 heavy (non-hydrogen) atoms. The van der Waals surface area contributed by atoms with E-state index in [1.54, 1.807) is 37.7 Å². The van der Waals surface area contributed by atoms with E-state index in [4.69, 9.17) is 9.47 Å². The average Bonchev–Trinajstić information content (AvgIpc) is 3.50. The molecule has 1 saturated heterocycles. The first-order valence-corrected chi connectivity index (χ1v) is 11.5. The molecule has 1 aliphatic heterocycles. The Bertz CT molecular complexity index is 1040. The van der Waals surface area contributed by atoms with Crippen LogP contribution in [0.4, 0.5) is 4.39 Å². The lowest BCUT2D eigenvalue weighted by Crippen LogP contribution is -2.39. The number of methoxy groups -OCH3 is 2. The summed E-state index contributed by atoms with van der Waals surface area (Å²) in [6, 6.07) is 15.9. The van der Waals surface area contributed by atoms with Gasteiger partial charge in [-0.1, -0.05) is 24.3 Å². The summed E-state index contributed by atoms with van der Waals surface area (Å²) in [6.45, 7) is 1.12. The monoisotopic (exact) mass is 454 g/mol. The Balaban J connectivity index is 1.50. The van der Waals surface area contributed by atoms with Crippen molar-refractivity contribution in [2.75, 3.05) is 27.3 Å². The van der Waals surface area contributed by atoms with Crippen LogP contribution in [-0.4, -0.2) is 38.1 Å². The second kappa shape index (κ2) is 10.1. The molecule has 0 radical (unpaired) electrons. The van der Waals surface area contributed by atoms with Crippen LogP contribution in [0.1, 0.15) is 40.9 Å². The molecule has 2 atom stereocenters. The number of nitrogens with one attached hydrogen (secondary N) is 1. The van der Waals surface area contributed by atoms with Gasteiger partial charge in [-0.3, -0.25) is 9.69 Å². The van der Waals surface area contributed by atoms with Gasteiger partial charge in [0.05, 0.1) is 26.8 Å². The van der Waals surface area contributed by atoms with E-state index in [2.05, 4.69) is 10.2 Å². The third kappa shape index (κ3) is 4.95. The van der Waals surface area contributed by atoms with E-state index in [1.807, 2.05) is 35.7 Å². The zero-order chi connectivity index (χ0) is 22.5. The fraction of sp³-hybridized carbons (Fsp3) is 0.320. The minimum atomic E-state index is -0.306. The highest BCUT2D eigenvalue weighted by molar-refractivity contribution is 7.10. The van der Waals surface area contributed by atoms with Crippen LogP contribution >= 0.6 is 11.3 Å². The number of rotatable bonds is 8. The molecule has 0 bridgehead atoms. The molecule has 1 N–H and O–H groups in total. The van der Waals surface area contributed by atoms with Gasteiger partial charge in [0.25, 0.3) is 0 Å². The molecule has 5 nitrogen and oxygen atoms in total. The van der Waals surface area contributed by atoms with Crippen molar-refractivity contribution in [2.24, 2.45) is 0 Å². The molecule has 2 aromatic carbocycles. The Morgan fingerprint density at radius 1 is 1.19 bits per heavy atom. The summed E-state index contributed by atoms with van der Waals surface area (Å²) in [7, 11) is 3.28. The number of halogens is 1. The Hall–Kier alpha value is -2.90. The van der Waals surface area contributed by atoms with Gasteiger partial charge in [-0.05, 0) is 54.6 Å². The molecule has 3 aromatic rings. The van der Waals surface area contributed by atoms with Gasteiger partial charge in [0.2, 0.25) is 5.91 Å². The standard InChI is InChI=1S/C25H27FN2O3S/c1-30-19-11-12-20(22(15-19)31-2)21-5-3-13-28(21)16-24(29)27-25(23-6-4-14-32-23)17-7-9-18(26)10-8-17/h4,6-12,14-15,21,25H,3,5,13,16H2,1-2H3,(H,27,29)/t21-,25-/m1/s1. The number of carbonyl (C=O) groups excluding carboxylic acids is 1. The summed E-state index contributed by atoms with van der Waals surface area (Å²) in [5, 5.41) is 5.13. The largest absolute Gasteiger partial charge is 0.497 e. The van der Waals surface area contributed by atoms with Crippen LogP contribution in [0, 0.1) is 5.82 Å². The predicted octanol–water partition coefficient (Wildman–Crippen LogP) is 4.95. The lowest BCUT2D eigenvalue weighted by Gasteiger charge is -2.27. The van der Waals surface area contributed by atoms with E-state index in [-0.39, 0.29) is 30.4 Å². The quantitative estimate of drug-likeness (QED) is 0.523. The third-order valence-corrected chi connectivity index (χ3v) is 6.78. The lowest BCUT2D eigenvalue weighted by atomic mass is 10.0. The predicted molar refractivity (Wildman–Crippen MR) is 124 cm³/mol. The molecule has 4 rings (SSSR count). The molecular formula is C25H27FN2O3S. The van der Waals surface area contributed by atoms with Crippen molar-refractivity contribution in [1.29, 1.82) is 0 Å². The molecular weight excluding hydrogens is 427 g/mol. The molecule has 7 heteroatoms. The highest BCUT2D eigenvalue weighted by atomic mass is 32.1. The Morgan fingerprint density at radius 2 is 2.00 bits per heavy atom. The van der Waals surface area contributed by atoms with Crippen LogP contribution in [0.25, 0.3) is 0 Å². The van der Waals surface area contributed by atoms with Crippen molar-refractivity contribution in [2.45, 2.75) is 24.9 Å².